The van der Waals surface area contributed by atoms with Crippen LogP contribution in [0.25, 0.3) is 10.8 Å². The summed E-state index contributed by atoms with van der Waals surface area (Å²) in [6.07, 6.45) is 0.752. The van der Waals surface area contributed by atoms with Gasteiger partial charge in [-0.2, -0.15) is 0 Å². The van der Waals surface area contributed by atoms with E-state index in [0.29, 0.717) is 24.8 Å². The van der Waals surface area contributed by atoms with Crippen molar-refractivity contribution in [2.75, 3.05) is 6.54 Å². The Hall–Kier alpha value is -1.58. The van der Waals surface area contributed by atoms with Gasteiger partial charge in [-0.05, 0) is 36.1 Å². The van der Waals surface area contributed by atoms with Crippen LogP contribution in [0.3, 0.4) is 0 Å². The van der Waals surface area contributed by atoms with E-state index in [9.17, 15) is 10.2 Å². The Morgan fingerprint density at radius 1 is 1.14 bits per heavy atom. The maximum absolute atomic E-state index is 10.3. The standard InChI is InChI=1S/C18H25NO2/c1-13(2)10-18(3,21)12-19-11-16-15-7-5-4-6-14(15)8-9-17(16)20/h4-9,13,19-21H,10-12H2,1-3H3. The zero-order valence-electron chi connectivity index (χ0n) is 13.1. The number of phenols is 1. The molecule has 0 heterocycles. The number of fused-ring (bicyclic) bond motifs is 1. The lowest BCUT2D eigenvalue weighted by atomic mass is 9.94. The number of aliphatic hydroxyl groups is 1. The summed E-state index contributed by atoms with van der Waals surface area (Å²) in [6.45, 7) is 7.11. The Labute approximate surface area is 126 Å². The van der Waals surface area contributed by atoms with E-state index >= 15 is 0 Å². The van der Waals surface area contributed by atoms with Crippen molar-refractivity contribution in [2.24, 2.45) is 5.92 Å². The van der Waals surface area contributed by atoms with Crippen LogP contribution >= 0.6 is 0 Å². The van der Waals surface area contributed by atoms with Crippen LogP contribution in [0.1, 0.15) is 32.8 Å². The molecule has 0 fully saturated rings. The normalized spacial score (nSPS) is 14.5. The summed E-state index contributed by atoms with van der Waals surface area (Å²) < 4.78 is 0. The van der Waals surface area contributed by atoms with Gasteiger partial charge < -0.3 is 15.5 Å². The fourth-order valence-electron chi connectivity index (χ4n) is 2.92. The second-order valence-corrected chi connectivity index (χ2v) is 6.48. The first-order valence-electron chi connectivity index (χ1n) is 7.52. The van der Waals surface area contributed by atoms with Gasteiger partial charge in [-0.1, -0.05) is 44.2 Å². The van der Waals surface area contributed by atoms with Crippen LogP contribution in [0.4, 0.5) is 0 Å². The molecule has 2 aromatic rings. The number of nitrogens with one attached hydrogen (secondary N) is 1. The number of phenolic OH excluding ortho intramolecular Hbond substituents is 1. The van der Waals surface area contributed by atoms with Crippen molar-refractivity contribution in [2.45, 2.75) is 39.3 Å². The molecule has 3 N–H and O–H groups in total. The van der Waals surface area contributed by atoms with Crippen molar-refractivity contribution in [3.8, 4) is 5.75 Å². The van der Waals surface area contributed by atoms with Crippen molar-refractivity contribution < 1.29 is 10.2 Å². The third-order valence-electron chi connectivity index (χ3n) is 3.67. The summed E-state index contributed by atoms with van der Waals surface area (Å²) in [5.41, 5.74) is 0.155. The molecule has 114 valence electrons. The van der Waals surface area contributed by atoms with Crippen molar-refractivity contribution >= 4 is 10.8 Å². The number of benzene rings is 2. The third-order valence-corrected chi connectivity index (χ3v) is 3.67. The first-order chi connectivity index (χ1) is 9.89. The van der Waals surface area contributed by atoms with Crippen LogP contribution in [0.5, 0.6) is 5.75 Å². The van der Waals surface area contributed by atoms with Crippen LogP contribution in [-0.4, -0.2) is 22.4 Å². The van der Waals surface area contributed by atoms with Crippen LogP contribution in [0.2, 0.25) is 0 Å². The second kappa shape index (κ2) is 6.46. The molecule has 0 aliphatic heterocycles. The number of hydrogen-bond donors (Lipinski definition) is 3. The van der Waals surface area contributed by atoms with Crippen molar-refractivity contribution in [3.05, 3.63) is 42.0 Å². The minimum Gasteiger partial charge on any atom is -0.508 e. The van der Waals surface area contributed by atoms with E-state index in [-0.39, 0.29) is 0 Å². The van der Waals surface area contributed by atoms with Crippen molar-refractivity contribution in [1.29, 1.82) is 0 Å². The molecule has 0 amide bonds. The lowest BCUT2D eigenvalue weighted by Gasteiger charge is -2.26. The fraction of sp³-hybridized carbons (Fsp3) is 0.444. The van der Waals surface area contributed by atoms with E-state index in [0.717, 1.165) is 22.8 Å². The van der Waals surface area contributed by atoms with Gasteiger partial charge in [0.05, 0.1) is 5.60 Å². The van der Waals surface area contributed by atoms with Gasteiger partial charge in [0.1, 0.15) is 5.75 Å². The molecule has 3 nitrogen and oxygen atoms in total. The van der Waals surface area contributed by atoms with E-state index in [2.05, 4.69) is 19.2 Å². The van der Waals surface area contributed by atoms with E-state index in [1.807, 2.05) is 37.3 Å². The first-order valence-corrected chi connectivity index (χ1v) is 7.52. The van der Waals surface area contributed by atoms with Gasteiger partial charge in [0.15, 0.2) is 0 Å². The molecule has 21 heavy (non-hydrogen) atoms. The molecule has 1 atom stereocenters. The molecule has 0 aromatic heterocycles. The monoisotopic (exact) mass is 287 g/mol. The van der Waals surface area contributed by atoms with Gasteiger partial charge in [-0.15, -0.1) is 0 Å². The molecule has 0 radical (unpaired) electrons. The third kappa shape index (κ3) is 4.19. The van der Waals surface area contributed by atoms with Crippen molar-refractivity contribution in [1.82, 2.24) is 5.32 Å². The topological polar surface area (TPSA) is 52.5 Å². The van der Waals surface area contributed by atoms with Crippen LogP contribution < -0.4 is 5.32 Å². The van der Waals surface area contributed by atoms with Gasteiger partial charge in [-0.3, -0.25) is 0 Å². The maximum atomic E-state index is 10.3. The van der Waals surface area contributed by atoms with Gasteiger partial charge >= 0.3 is 0 Å². The Morgan fingerprint density at radius 2 is 1.86 bits per heavy atom. The average Bonchev–Trinajstić information content (AvgIpc) is 2.39. The smallest absolute Gasteiger partial charge is 0.120 e. The molecule has 0 aliphatic rings. The Bertz CT molecular complexity index is 605. The van der Waals surface area contributed by atoms with Gasteiger partial charge in [0, 0.05) is 18.7 Å². The summed E-state index contributed by atoms with van der Waals surface area (Å²) in [5, 5.41) is 25.8. The Kier molecular flexibility index (Phi) is 4.86. The molecule has 0 saturated carbocycles. The summed E-state index contributed by atoms with van der Waals surface area (Å²) in [4.78, 5) is 0. The van der Waals surface area contributed by atoms with Gasteiger partial charge in [-0.25, -0.2) is 0 Å². The molecular formula is C18H25NO2. The van der Waals surface area contributed by atoms with E-state index in [4.69, 9.17) is 0 Å². The van der Waals surface area contributed by atoms with Crippen LogP contribution in [0, 0.1) is 5.92 Å². The van der Waals surface area contributed by atoms with Crippen LogP contribution in [-0.2, 0) is 6.54 Å². The molecule has 0 bridgehead atoms. The van der Waals surface area contributed by atoms with Gasteiger partial charge in [0.2, 0.25) is 0 Å². The minimum atomic E-state index is -0.728. The molecule has 1 unspecified atom stereocenters. The molecule has 0 spiro atoms. The zero-order chi connectivity index (χ0) is 15.5. The highest BCUT2D eigenvalue weighted by Gasteiger charge is 2.21. The maximum Gasteiger partial charge on any atom is 0.120 e. The predicted molar refractivity (Wildman–Crippen MR) is 87.4 cm³/mol. The Morgan fingerprint density at radius 3 is 2.57 bits per heavy atom. The molecule has 0 aliphatic carbocycles. The summed E-state index contributed by atoms with van der Waals surface area (Å²) >= 11 is 0. The number of aromatic hydroxyl groups is 1. The van der Waals surface area contributed by atoms with E-state index in [1.165, 1.54) is 0 Å². The fourth-order valence-corrected chi connectivity index (χ4v) is 2.92. The SMILES string of the molecule is CC(C)CC(C)(O)CNCc1c(O)ccc2ccccc12. The summed E-state index contributed by atoms with van der Waals surface area (Å²) in [7, 11) is 0. The highest BCUT2D eigenvalue weighted by molar-refractivity contribution is 5.87. The van der Waals surface area contributed by atoms with E-state index < -0.39 is 5.60 Å². The lowest BCUT2D eigenvalue weighted by molar-refractivity contribution is 0.0383. The largest absolute Gasteiger partial charge is 0.508 e. The number of rotatable bonds is 6. The second-order valence-electron chi connectivity index (χ2n) is 6.48. The van der Waals surface area contributed by atoms with Crippen molar-refractivity contribution in [3.63, 3.8) is 0 Å². The molecule has 0 saturated heterocycles. The van der Waals surface area contributed by atoms with E-state index in [1.54, 1.807) is 6.07 Å². The first kappa shape index (κ1) is 15.8. The number of hydrogen-bond acceptors (Lipinski definition) is 3. The summed E-state index contributed by atoms with van der Waals surface area (Å²) in [5.74, 6) is 0.748. The highest BCUT2D eigenvalue weighted by atomic mass is 16.3. The molecule has 3 heteroatoms. The lowest BCUT2D eigenvalue weighted by Crippen LogP contribution is -2.38. The predicted octanol–water partition coefficient (Wildman–Crippen LogP) is 3.43. The minimum absolute atomic E-state index is 0.296. The van der Waals surface area contributed by atoms with Crippen LogP contribution in [0.15, 0.2) is 36.4 Å². The quantitative estimate of drug-likeness (QED) is 0.763. The molecular weight excluding hydrogens is 262 g/mol. The molecule has 2 aromatic carbocycles. The molecule has 2 rings (SSSR count). The Balaban J connectivity index is 2.09. The highest BCUT2D eigenvalue weighted by Crippen LogP contribution is 2.27. The zero-order valence-corrected chi connectivity index (χ0v) is 13.1. The van der Waals surface area contributed by atoms with Gasteiger partial charge in [0.25, 0.3) is 0 Å². The average molecular weight is 287 g/mol. The summed E-state index contributed by atoms with van der Waals surface area (Å²) in [6, 6.07) is 11.7.